The molecule has 0 unspecified atom stereocenters. The molecule has 0 radical (unpaired) electrons. The highest BCUT2D eigenvalue weighted by molar-refractivity contribution is 5.94. The summed E-state index contributed by atoms with van der Waals surface area (Å²) in [6, 6.07) is 5.74. The van der Waals surface area contributed by atoms with Crippen molar-refractivity contribution in [1.29, 1.82) is 0 Å². The maximum atomic E-state index is 12.4. The third-order valence-electron chi connectivity index (χ3n) is 3.72. The fourth-order valence-electron chi connectivity index (χ4n) is 2.37. The third-order valence-corrected chi connectivity index (χ3v) is 3.72. The number of halogens is 2. The Morgan fingerprint density at radius 3 is 2.58 bits per heavy atom. The first-order chi connectivity index (χ1) is 12.3. The Bertz CT molecular complexity index is 805. The van der Waals surface area contributed by atoms with Crippen LogP contribution < -0.4 is 10.1 Å². The van der Waals surface area contributed by atoms with Gasteiger partial charge in [0, 0.05) is 18.3 Å². The maximum absolute atomic E-state index is 12.4. The van der Waals surface area contributed by atoms with Crippen molar-refractivity contribution in [3.8, 4) is 5.75 Å². The standard InChI is InChI=1S/C17H19F2N3O4/c1-10-12(11(2)22(3)21-10)8-16(24)25-9-15(23)20-13-6-4-5-7-14(13)26-17(18)19/h4-7,17H,8-9H2,1-3H3,(H,20,23). The Morgan fingerprint density at radius 1 is 1.27 bits per heavy atom. The van der Waals surface area contributed by atoms with Crippen LogP contribution in [0.25, 0.3) is 0 Å². The van der Waals surface area contributed by atoms with E-state index in [2.05, 4.69) is 15.2 Å². The summed E-state index contributed by atoms with van der Waals surface area (Å²) >= 11 is 0. The van der Waals surface area contributed by atoms with Crippen LogP contribution in [-0.4, -0.2) is 34.9 Å². The van der Waals surface area contributed by atoms with Crippen LogP contribution in [0.5, 0.6) is 5.75 Å². The molecule has 1 N–H and O–H groups in total. The first-order valence-electron chi connectivity index (χ1n) is 7.76. The lowest BCUT2D eigenvalue weighted by Gasteiger charge is -2.11. The molecular weight excluding hydrogens is 348 g/mol. The molecule has 26 heavy (non-hydrogen) atoms. The first-order valence-corrected chi connectivity index (χ1v) is 7.76. The second-order valence-electron chi connectivity index (χ2n) is 5.53. The molecule has 0 aliphatic rings. The van der Waals surface area contributed by atoms with Gasteiger partial charge in [0.25, 0.3) is 5.91 Å². The van der Waals surface area contributed by atoms with Crippen molar-refractivity contribution < 1.29 is 27.8 Å². The van der Waals surface area contributed by atoms with Crippen LogP contribution in [0.1, 0.15) is 17.0 Å². The summed E-state index contributed by atoms with van der Waals surface area (Å²) in [5.41, 5.74) is 2.35. The number of amides is 1. The number of carbonyl (C=O) groups excluding carboxylic acids is 2. The van der Waals surface area contributed by atoms with Crippen molar-refractivity contribution in [3.63, 3.8) is 0 Å². The van der Waals surface area contributed by atoms with E-state index in [9.17, 15) is 18.4 Å². The number of rotatable bonds is 7. The summed E-state index contributed by atoms with van der Waals surface area (Å²) in [5.74, 6) is -1.43. The minimum absolute atomic E-state index is 0.0101. The molecule has 0 aliphatic heterocycles. The molecule has 0 saturated heterocycles. The second kappa shape index (κ2) is 8.41. The van der Waals surface area contributed by atoms with Crippen LogP contribution in [0.3, 0.4) is 0 Å². The smallest absolute Gasteiger partial charge is 0.387 e. The van der Waals surface area contributed by atoms with Gasteiger partial charge in [-0.05, 0) is 26.0 Å². The minimum Gasteiger partial charge on any atom is -0.455 e. The summed E-state index contributed by atoms with van der Waals surface area (Å²) < 4.78 is 35.6. The fourth-order valence-corrected chi connectivity index (χ4v) is 2.37. The molecule has 0 spiro atoms. The molecule has 2 aromatic rings. The first kappa shape index (κ1) is 19.4. The molecule has 0 fully saturated rings. The topological polar surface area (TPSA) is 82.5 Å². The fraction of sp³-hybridized carbons (Fsp3) is 0.353. The van der Waals surface area contributed by atoms with Gasteiger partial charge < -0.3 is 14.8 Å². The lowest BCUT2D eigenvalue weighted by Crippen LogP contribution is -2.22. The number of para-hydroxylation sites is 2. The highest BCUT2D eigenvalue weighted by atomic mass is 19.3. The molecule has 140 valence electrons. The van der Waals surface area contributed by atoms with Gasteiger partial charge in [0.05, 0.1) is 17.8 Å². The lowest BCUT2D eigenvalue weighted by molar-refractivity contribution is -0.146. The molecule has 0 saturated carbocycles. The highest BCUT2D eigenvalue weighted by Crippen LogP contribution is 2.25. The summed E-state index contributed by atoms with van der Waals surface area (Å²) in [7, 11) is 1.77. The van der Waals surface area contributed by atoms with Gasteiger partial charge in [-0.25, -0.2) is 0 Å². The molecule has 7 nitrogen and oxygen atoms in total. The van der Waals surface area contributed by atoms with Crippen molar-refractivity contribution in [2.45, 2.75) is 26.9 Å². The van der Waals surface area contributed by atoms with Crippen LogP contribution in [0.2, 0.25) is 0 Å². The number of ether oxygens (including phenoxy) is 2. The lowest BCUT2D eigenvalue weighted by atomic mass is 10.1. The van der Waals surface area contributed by atoms with E-state index < -0.39 is 25.1 Å². The molecule has 9 heteroatoms. The van der Waals surface area contributed by atoms with Crippen molar-refractivity contribution in [3.05, 3.63) is 41.2 Å². The number of hydrogen-bond acceptors (Lipinski definition) is 5. The number of esters is 1. The number of aromatic nitrogens is 2. The van der Waals surface area contributed by atoms with Crippen LogP contribution in [0.4, 0.5) is 14.5 Å². The Morgan fingerprint density at radius 2 is 1.96 bits per heavy atom. The largest absolute Gasteiger partial charge is 0.455 e. The Balaban J connectivity index is 1.90. The number of anilines is 1. The minimum atomic E-state index is -3.02. The van der Waals surface area contributed by atoms with Crippen molar-refractivity contribution in [2.75, 3.05) is 11.9 Å². The molecule has 1 aromatic carbocycles. The van der Waals surface area contributed by atoms with E-state index in [1.54, 1.807) is 24.7 Å². The Hall–Kier alpha value is -2.97. The monoisotopic (exact) mass is 367 g/mol. The highest BCUT2D eigenvalue weighted by Gasteiger charge is 2.16. The van der Waals surface area contributed by atoms with Crippen LogP contribution in [0, 0.1) is 13.8 Å². The van der Waals surface area contributed by atoms with E-state index >= 15 is 0 Å². The van der Waals surface area contributed by atoms with E-state index in [4.69, 9.17) is 4.74 Å². The second-order valence-corrected chi connectivity index (χ2v) is 5.53. The number of benzene rings is 1. The van der Waals surface area contributed by atoms with E-state index in [1.165, 1.54) is 18.2 Å². The van der Waals surface area contributed by atoms with E-state index in [1.807, 2.05) is 6.92 Å². The molecule has 1 heterocycles. The Kier molecular flexibility index (Phi) is 6.26. The zero-order valence-electron chi connectivity index (χ0n) is 14.6. The van der Waals surface area contributed by atoms with Gasteiger partial charge in [0.15, 0.2) is 6.61 Å². The van der Waals surface area contributed by atoms with Crippen molar-refractivity contribution >= 4 is 17.6 Å². The molecule has 1 aromatic heterocycles. The SMILES string of the molecule is Cc1nn(C)c(C)c1CC(=O)OCC(=O)Nc1ccccc1OC(F)F. The predicted octanol–water partition coefficient (Wildman–Crippen LogP) is 2.36. The number of hydrogen-bond donors (Lipinski definition) is 1. The average Bonchev–Trinajstić information content (AvgIpc) is 2.80. The summed E-state index contributed by atoms with van der Waals surface area (Å²) in [4.78, 5) is 23.8. The van der Waals surface area contributed by atoms with Gasteiger partial charge in [-0.15, -0.1) is 0 Å². The van der Waals surface area contributed by atoms with E-state index in [0.29, 0.717) is 5.69 Å². The van der Waals surface area contributed by atoms with E-state index in [0.717, 1.165) is 11.3 Å². The number of nitrogens with zero attached hydrogens (tertiary/aromatic N) is 2. The third kappa shape index (κ3) is 5.01. The van der Waals surface area contributed by atoms with Crippen LogP contribution >= 0.6 is 0 Å². The number of carbonyl (C=O) groups is 2. The normalized spacial score (nSPS) is 10.7. The van der Waals surface area contributed by atoms with Crippen molar-refractivity contribution in [1.82, 2.24) is 9.78 Å². The van der Waals surface area contributed by atoms with Gasteiger partial charge in [-0.3, -0.25) is 14.3 Å². The van der Waals surface area contributed by atoms with Gasteiger partial charge >= 0.3 is 12.6 Å². The summed E-state index contributed by atoms with van der Waals surface area (Å²) in [6.07, 6.45) is -0.0101. The number of alkyl halides is 2. The molecular formula is C17H19F2N3O4. The number of aryl methyl sites for hydroxylation is 2. The van der Waals surface area contributed by atoms with Gasteiger partial charge in [0.2, 0.25) is 0 Å². The van der Waals surface area contributed by atoms with Gasteiger partial charge in [-0.1, -0.05) is 12.1 Å². The van der Waals surface area contributed by atoms with Gasteiger partial charge in [0.1, 0.15) is 5.75 Å². The van der Waals surface area contributed by atoms with Gasteiger partial charge in [-0.2, -0.15) is 13.9 Å². The van der Waals surface area contributed by atoms with Crippen LogP contribution in [-0.2, 0) is 27.8 Å². The molecule has 0 bridgehead atoms. The summed E-state index contributed by atoms with van der Waals surface area (Å²) in [6.45, 7) is 0.0504. The van der Waals surface area contributed by atoms with Crippen LogP contribution in [0.15, 0.2) is 24.3 Å². The maximum Gasteiger partial charge on any atom is 0.387 e. The Labute approximate surface area is 148 Å². The zero-order chi connectivity index (χ0) is 19.3. The quantitative estimate of drug-likeness (QED) is 0.760. The molecule has 0 atom stereocenters. The van der Waals surface area contributed by atoms with E-state index in [-0.39, 0.29) is 17.9 Å². The predicted molar refractivity (Wildman–Crippen MR) is 89.0 cm³/mol. The van der Waals surface area contributed by atoms with Crippen molar-refractivity contribution in [2.24, 2.45) is 7.05 Å². The zero-order valence-corrected chi connectivity index (χ0v) is 14.6. The average molecular weight is 367 g/mol. The summed E-state index contributed by atoms with van der Waals surface area (Å²) in [5, 5.41) is 6.57. The number of nitrogens with one attached hydrogen (secondary N) is 1. The molecule has 2 rings (SSSR count). The molecule has 1 amide bonds. The molecule has 0 aliphatic carbocycles.